The Kier molecular flexibility index (Phi) is 3.36. The highest BCUT2D eigenvalue weighted by Crippen LogP contribution is 2.45. The van der Waals surface area contributed by atoms with Gasteiger partial charge in [0.1, 0.15) is 0 Å². The molecule has 0 aliphatic heterocycles. The van der Waals surface area contributed by atoms with Gasteiger partial charge in [-0.2, -0.15) is 0 Å². The molecule has 0 unspecified atom stereocenters. The van der Waals surface area contributed by atoms with Gasteiger partial charge in [0.05, 0.1) is 27.5 Å². The summed E-state index contributed by atoms with van der Waals surface area (Å²) in [5.41, 5.74) is 6.21. The van der Waals surface area contributed by atoms with Crippen LogP contribution in [-0.4, -0.2) is 9.38 Å². The Balaban J connectivity index is 2.01. The van der Waals surface area contributed by atoms with Crippen LogP contribution in [0.5, 0.6) is 0 Å². The molecule has 0 radical (unpaired) electrons. The summed E-state index contributed by atoms with van der Waals surface area (Å²) in [5.74, 6) is 0. The fourth-order valence-electron chi connectivity index (χ4n) is 3.76. The van der Waals surface area contributed by atoms with Gasteiger partial charge >= 0.3 is 0 Å². The van der Waals surface area contributed by atoms with Crippen LogP contribution >= 0.6 is 8.19 Å². The Bertz CT molecular complexity index is 1240. The number of para-hydroxylation sites is 1. The van der Waals surface area contributed by atoms with Crippen molar-refractivity contribution in [2.24, 2.45) is 0 Å². The van der Waals surface area contributed by atoms with E-state index in [0.29, 0.717) is 0 Å². The van der Waals surface area contributed by atoms with Crippen molar-refractivity contribution in [2.75, 3.05) is 0 Å². The zero-order chi connectivity index (χ0) is 17.9. The molecule has 0 spiro atoms. The van der Waals surface area contributed by atoms with E-state index in [1.54, 1.807) is 0 Å². The predicted molar refractivity (Wildman–Crippen MR) is 113 cm³/mol. The predicted octanol–water partition coefficient (Wildman–Crippen LogP) is 7.01. The Morgan fingerprint density at radius 1 is 0.962 bits per heavy atom. The summed E-state index contributed by atoms with van der Waals surface area (Å²) in [5, 5.41) is 3.96. The van der Waals surface area contributed by atoms with Crippen LogP contribution in [0, 0.1) is 0 Å². The molecular weight excluding hydrogens is 335 g/mol. The highest BCUT2D eigenvalue weighted by atomic mass is 31.0. The molecule has 0 amide bonds. The molecule has 0 bridgehead atoms. The third-order valence-corrected chi connectivity index (χ3v) is 6.95. The molecule has 3 heterocycles. The third kappa shape index (κ3) is 2.12. The van der Waals surface area contributed by atoms with E-state index in [2.05, 4.69) is 85.8 Å². The Morgan fingerprint density at radius 3 is 2.54 bits per heavy atom. The van der Waals surface area contributed by atoms with Crippen molar-refractivity contribution in [3.63, 3.8) is 0 Å². The van der Waals surface area contributed by atoms with Crippen molar-refractivity contribution < 1.29 is 0 Å². The average molecular weight is 356 g/mol. The Morgan fingerprint density at radius 2 is 1.77 bits per heavy atom. The van der Waals surface area contributed by atoms with Crippen LogP contribution in [0.4, 0.5) is 0 Å². The van der Waals surface area contributed by atoms with Crippen molar-refractivity contribution in [3.05, 3.63) is 66.4 Å². The monoisotopic (exact) mass is 356 g/mol. The molecule has 0 aliphatic rings. The van der Waals surface area contributed by atoms with Gasteiger partial charge in [-0.05, 0) is 32.3 Å². The quantitative estimate of drug-likeness (QED) is 0.340. The lowest BCUT2D eigenvalue weighted by Crippen LogP contribution is -2.19. The van der Waals surface area contributed by atoms with E-state index >= 15 is 0 Å². The fraction of sp³-hybridized carbons (Fsp3) is 0.217. The minimum Gasteiger partial charge on any atom is -0.301 e. The van der Waals surface area contributed by atoms with Gasteiger partial charge in [0.15, 0.2) is 0 Å². The van der Waals surface area contributed by atoms with Gasteiger partial charge in [-0.25, -0.2) is 4.98 Å². The molecule has 5 aromatic rings. The van der Waals surface area contributed by atoms with Gasteiger partial charge in [-0.15, -0.1) is 0 Å². The summed E-state index contributed by atoms with van der Waals surface area (Å²) < 4.78 is 2.47. The van der Waals surface area contributed by atoms with Crippen LogP contribution in [0.25, 0.3) is 38.0 Å². The highest BCUT2D eigenvalue weighted by Gasteiger charge is 2.27. The summed E-state index contributed by atoms with van der Waals surface area (Å²) in [4.78, 5) is 5.16. The van der Waals surface area contributed by atoms with Crippen molar-refractivity contribution in [2.45, 2.75) is 32.6 Å². The topological polar surface area (TPSA) is 17.3 Å². The molecular formula is C23H21N2P. The van der Waals surface area contributed by atoms with Crippen LogP contribution in [0.3, 0.4) is 0 Å². The van der Waals surface area contributed by atoms with Gasteiger partial charge in [0, 0.05) is 16.1 Å². The highest BCUT2D eigenvalue weighted by molar-refractivity contribution is 7.40. The van der Waals surface area contributed by atoms with Gasteiger partial charge in [0.25, 0.3) is 0 Å². The SMILES string of the molecule is CCC(C)(C)c1nc2cccc3ccc4c(-c5ccccc5)pc1n4c32. The summed E-state index contributed by atoms with van der Waals surface area (Å²) in [6.45, 7) is 6.87. The molecule has 2 nitrogen and oxygen atoms in total. The molecule has 0 atom stereocenters. The molecule has 0 N–H and O–H groups in total. The van der Waals surface area contributed by atoms with E-state index in [0.717, 1.165) is 11.9 Å². The number of benzene rings is 2. The van der Waals surface area contributed by atoms with Gasteiger partial charge in [0.2, 0.25) is 0 Å². The largest absolute Gasteiger partial charge is 0.301 e. The van der Waals surface area contributed by atoms with Crippen LogP contribution in [0.15, 0.2) is 60.7 Å². The summed E-state index contributed by atoms with van der Waals surface area (Å²) >= 11 is 0. The minimum atomic E-state index is 0.0500. The van der Waals surface area contributed by atoms with Crippen molar-refractivity contribution in [1.82, 2.24) is 9.38 Å². The zero-order valence-corrected chi connectivity index (χ0v) is 16.2. The maximum absolute atomic E-state index is 5.16. The van der Waals surface area contributed by atoms with E-state index in [9.17, 15) is 0 Å². The summed E-state index contributed by atoms with van der Waals surface area (Å²) in [6, 6.07) is 21.7. The van der Waals surface area contributed by atoms with Crippen LogP contribution in [0.1, 0.15) is 32.9 Å². The van der Waals surface area contributed by atoms with E-state index in [-0.39, 0.29) is 5.41 Å². The summed E-state index contributed by atoms with van der Waals surface area (Å²) in [7, 11) is 1.25. The number of rotatable bonds is 3. The van der Waals surface area contributed by atoms with Crippen molar-refractivity contribution >= 4 is 35.4 Å². The van der Waals surface area contributed by atoms with Crippen LogP contribution < -0.4 is 0 Å². The fourth-order valence-corrected chi connectivity index (χ4v) is 5.30. The lowest BCUT2D eigenvalue weighted by atomic mass is 9.86. The molecule has 3 aromatic heterocycles. The number of hydrogen-bond donors (Lipinski definition) is 0. The zero-order valence-electron chi connectivity index (χ0n) is 15.3. The normalized spacial score (nSPS) is 12.9. The minimum absolute atomic E-state index is 0.0500. The van der Waals surface area contributed by atoms with Gasteiger partial charge in [-0.3, -0.25) is 0 Å². The first kappa shape index (κ1) is 15.8. The molecule has 5 rings (SSSR count). The van der Waals surface area contributed by atoms with Crippen molar-refractivity contribution in [3.8, 4) is 10.9 Å². The second-order valence-electron chi connectivity index (χ2n) is 7.62. The molecule has 2 aromatic carbocycles. The molecule has 0 fully saturated rings. The molecule has 128 valence electrons. The number of pyridine rings is 1. The standard InChI is InChI=1S/C23H21N2P/c1-4-23(2,3)21-22-25-18(20(26-22)16-9-6-5-7-10-16)14-13-15-11-8-12-17(24-21)19(15)25/h5-14H,4H2,1-3H3. The van der Waals surface area contributed by atoms with E-state index in [4.69, 9.17) is 4.98 Å². The second-order valence-corrected chi connectivity index (χ2v) is 8.71. The third-order valence-electron chi connectivity index (χ3n) is 5.62. The first-order valence-corrected chi connectivity index (χ1v) is 10.1. The number of hydrogen-bond acceptors (Lipinski definition) is 1. The van der Waals surface area contributed by atoms with Crippen LogP contribution in [0.2, 0.25) is 0 Å². The van der Waals surface area contributed by atoms with E-state index < -0.39 is 0 Å². The van der Waals surface area contributed by atoms with E-state index in [1.165, 1.54) is 46.4 Å². The molecule has 0 saturated heterocycles. The lowest BCUT2D eigenvalue weighted by Gasteiger charge is -2.24. The molecule has 3 heteroatoms. The van der Waals surface area contributed by atoms with E-state index in [1.807, 2.05) is 0 Å². The van der Waals surface area contributed by atoms with Gasteiger partial charge < -0.3 is 4.40 Å². The average Bonchev–Trinajstić information content (AvgIpc) is 3.07. The lowest BCUT2D eigenvalue weighted by molar-refractivity contribution is 0.496. The van der Waals surface area contributed by atoms with Crippen molar-refractivity contribution in [1.29, 1.82) is 0 Å². The number of nitrogens with zero attached hydrogens (tertiary/aromatic N) is 2. The molecule has 0 aliphatic carbocycles. The first-order chi connectivity index (χ1) is 12.6. The first-order valence-electron chi connectivity index (χ1n) is 9.19. The van der Waals surface area contributed by atoms with Crippen LogP contribution in [-0.2, 0) is 5.41 Å². The Labute approximate surface area is 154 Å². The molecule has 26 heavy (non-hydrogen) atoms. The maximum Gasteiger partial charge on any atom is 0.0964 e. The summed E-state index contributed by atoms with van der Waals surface area (Å²) in [6.07, 6.45) is 1.07. The Hall–Kier alpha value is -2.44. The second kappa shape index (κ2) is 5.53. The van der Waals surface area contributed by atoms with Gasteiger partial charge in [-0.1, -0.05) is 69.3 Å². The smallest absolute Gasteiger partial charge is 0.0964 e. The number of aromatic nitrogens is 2. The maximum atomic E-state index is 5.16. The molecule has 0 saturated carbocycles.